The van der Waals surface area contributed by atoms with Crippen LogP contribution in [0.5, 0.6) is 5.75 Å². The van der Waals surface area contributed by atoms with Crippen molar-refractivity contribution in [3.8, 4) is 17.2 Å². The van der Waals surface area contributed by atoms with E-state index in [1.165, 1.54) is 0 Å². The van der Waals surface area contributed by atoms with E-state index in [2.05, 4.69) is 15.2 Å². The van der Waals surface area contributed by atoms with Crippen molar-refractivity contribution in [2.24, 2.45) is 0 Å². The summed E-state index contributed by atoms with van der Waals surface area (Å²) in [5, 5.41) is 13.4. The second kappa shape index (κ2) is 7.36. The molecule has 1 atom stereocenters. The molecule has 0 saturated carbocycles. The van der Waals surface area contributed by atoms with Crippen LogP contribution < -0.4 is 4.74 Å². The molecule has 0 bridgehead atoms. The molecule has 0 aliphatic carbocycles. The molecule has 5 rings (SSSR count). The molecule has 1 fully saturated rings. The van der Waals surface area contributed by atoms with Crippen molar-refractivity contribution in [2.75, 3.05) is 20.2 Å². The number of amides is 1. The van der Waals surface area contributed by atoms with Gasteiger partial charge in [-0.05, 0) is 42.5 Å². The number of aromatic amines is 1. The fourth-order valence-corrected chi connectivity index (χ4v) is 4.41. The average molecular weight is 408 g/mol. The summed E-state index contributed by atoms with van der Waals surface area (Å²) in [7, 11) is 1.63. The minimum absolute atomic E-state index is 0.0116. The largest absolute Gasteiger partial charge is 0.497 e. The Kier molecular flexibility index (Phi) is 4.55. The third-order valence-electron chi connectivity index (χ3n) is 5.33. The Labute approximate surface area is 171 Å². The number of methoxy groups -OCH3 is 1. The van der Waals surface area contributed by atoms with E-state index in [0.717, 1.165) is 41.6 Å². The summed E-state index contributed by atoms with van der Waals surface area (Å²) >= 11 is 1.59. The number of rotatable bonds is 4. The number of carbonyl (C=O) groups excluding carboxylic acids is 1. The normalized spacial score (nSPS) is 17.0. The Bertz CT molecular complexity index is 1150. The monoisotopic (exact) mass is 408 g/mol. The van der Waals surface area contributed by atoms with Crippen molar-refractivity contribution in [1.82, 2.24) is 20.1 Å². The van der Waals surface area contributed by atoms with Gasteiger partial charge < -0.3 is 19.0 Å². The van der Waals surface area contributed by atoms with E-state index in [0.29, 0.717) is 24.0 Å². The molecule has 1 aromatic carbocycles. The van der Waals surface area contributed by atoms with Gasteiger partial charge in [-0.25, -0.2) is 0 Å². The van der Waals surface area contributed by atoms with Crippen LogP contribution in [0.25, 0.3) is 22.4 Å². The van der Waals surface area contributed by atoms with Gasteiger partial charge in [0.15, 0.2) is 0 Å². The second-order valence-corrected chi connectivity index (χ2v) is 7.96. The lowest BCUT2D eigenvalue weighted by molar-refractivity contribution is 0.0693. The molecular weight excluding hydrogens is 388 g/mol. The summed E-state index contributed by atoms with van der Waals surface area (Å²) < 4.78 is 11.2. The lowest BCUT2D eigenvalue weighted by atomic mass is 9.98. The zero-order chi connectivity index (χ0) is 19.8. The Morgan fingerprint density at radius 3 is 3.07 bits per heavy atom. The van der Waals surface area contributed by atoms with Gasteiger partial charge in [0.2, 0.25) is 11.8 Å². The molecule has 3 aromatic heterocycles. The van der Waals surface area contributed by atoms with Gasteiger partial charge >= 0.3 is 0 Å². The predicted molar refractivity (Wildman–Crippen MR) is 110 cm³/mol. The minimum Gasteiger partial charge on any atom is -0.497 e. The van der Waals surface area contributed by atoms with Crippen LogP contribution >= 0.6 is 11.3 Å². The molecule has 29 heavy (non-hydrogen) atoms. The Morgan fingerprint density at radius 1 is 1.31 bits per heavy atom. The van der Waals surface area contributed by atoms with Gasteiger partial charge in [0.05, 0.1) is 13.0 Å². The molecule has 1 N–H and O–H groups in total. The van der Waals surface area contributed by atoms with Gasteiger partial charge in [0.25, 0.3) is 5.91 Å². The fourth-order valence-electron chi connectivity index (χ4n) is 3.78. The smallest absolute Gasteiger partial charge is 0.270 e. The second-order valence-electron chi connectivity index (χ2n) is 7.18. The van der Waals surface area contributed by atoms with E-state index in [1.54, 1.807) is 18.4 Å². The molecule has 0 unspecified atom stereocenters. The zero-order valence-electron chi connectivity index (χ0n) is 15.9. The standard InChI is InChI=1S/C21H20N4O3S/c1-27-16-5-4-13-9-18(22-17(13)10-16)21(26)25-7-2-3-14(11-25)19-23-24-20(28-19)15-6-8-29-12-15/h4-6,8-10,12,14,22H,2-3,7,11H2,1H3/t14-/m1/s1. The lowest BCUT2D eigenvalue weighted by Crippen LogP contribution is -2.39. The number of piperidine rings is 1. The maximum atomic E-state index is 13.1. The number of benzene rings is 1. The third kappa shape index (κ3) is 3.40. The molecule has 1 aliphatic rings. The summed E-state index contributed by atoms with van der Waals surface area (Å²) in [6.45, 7) is 1.29. The predicted octanol–water partition coefficient (Wildman–Crippen LogP) is 4.31. The molecule has 8 heteroatoms. The summed E-state index contributed by atoms with van der Waals surface area (Å²) in [5.74, 6) is 1.94. The summed E-state index contributed by atoms with van der Waals surface area (Å²) in [4.78, 5) is 18.2. The zero-order valence-corrected chi connectivity index (χ0v) is 16.7. The van der Waals surface area contributed by atoms with E-state index >= 15 is 0 Å². The maximum absolute atomic E-state index is 13.1. The van der Waals surface area contributed by atoms with Crippen LogP contribution in [0, 0.1) is 0 Å². The van der Waals surface area contributed by atoms with Gasteiger partial charge in [0, 0.05) is 41.0 Å². The Hall–Kier alpha value is -3.13. The minimum atomic E-state index is -0.0116. The number of hydrogen-bond donors (Lipinski definition) is 1. The number of hydrogen-bond acceptors (Lipinski definition) is 6. The molecule has 1 aliphatic heterocycles. The van der Waals surface area contributed by atoms with Crippen molar-refractivity contribution < 1.29 is 13.9 Å². The molecule has 0 spiro atoms. The van der Waals surface area contributed by atoms with Gasteiger partial charge in [-0.3, -0.25) is 4.79 Å². The first-order valence-electron chi connectivity index (χ1n) is 9.53. The van der Waals surface area contributed by atoms with Gasteiger partial charge in [0.1, 0.15) is 11.4 Å². The van der Waals surface area contributed by atoms with E-state index in [4.69, 9.17) is 9.15 Å². The van der Waals surface area contributed by atoms with Crippen LogP contribution in [0.4, 0.5) is 0 Å². The number of carbonyl (C=O) groups is 1. The molecule has 4 aromatic rings. The molecule has 4 heterocycles. The van der Waals surface area contributed by atoms with E-state index in [1.807, 2.05) is 46.0 Å². The van der Waals surface area contributed by atoms with Gasteiger partial charge in [-0.2, -0.15) is 11.3 Å². The number of likely N-dealkylation sites (tertiary alicyclic amines) is 1. The number of nitrogens with one attached hydrogen (secondary N) is 1. The molecule has 0 radical (unpaired) electrons. The highest BCUT2D eigenvalue weighted by Gasteiger charge is 2.29. The SMILES string of the molecule is COc1ccc2cc(C(=O)N3CCC[C@@H](c4nnc(-c5ccsc5)o4)C3)[nH]c2c1. The first-order chi connectivity index (χ1) is 14.2. The van der Waals surface area contributed by atoms with E-state index < -0.39 is 0 Å². The highest BCUT2D eigenvalue weighted by Crippen LogP contribution is 2.30. The van der Waals surface area contributed by atoms with Crippen molar-refractivity contribution in [1.29, 1.82) is 0 Å². The summed E-state index contributed by atoms with van der Waals surface area (Å²) in [6.07, 6.45) is 1.83. The van der Waals surface area contributed by atoms with Crippen molar-refractivity contribution >= 4 is 28.1 Å². The molecule has 1 saturated heterocycles. The molecule has 148 valence electrons. The van der Waals surface area contributed by atoms with Crippen molar-refractivity contribution in [3.63, 3.8) is 0 Å². The van der Waals surface area contributed by atoms with E-state index in [9.17, 15) is 4.79 Å². The first kappa shape index (κ1) is 17.9. The van der Waals surface area contributed by atoms with Gasteiger partial charge in [-0.15, -0.1) is 10.2 Å². The van der Waals surface area contributed by atoms with Gasteiger partial charge in [-0.1, -0.05) is 0 Å². The van der Waals surface area contributed by atoms with Crippen LogP contribution in [-0.2, 0) is 0 Å². The van der Waals surface area contributed by atoms with E-state index in [-0.39, 0.29) is 11.8 Å². The first-order valence-corrected chi connectivity index (χ1v) is 10.5. The number of fused-ring (bicyclic) bond motifs is 1. The molecule has 7 nitrogen and oxygen atoms in total. The van der Waals surface area contributed by atoms with Crippen LogP contribution in [-0.4, -0.2) is 46.2 Å². The number of aromatic nitrogens is 3. The van der Waals surface area contributed by atoms with Crippen LogP contribution in [0.3, 0.4) is 0 Å². The number of ether oxygens (including phenoxy) is 1. The number of H-pyrrole nitrogens is 1. The Balaban J connectivity index is 1.34. The number of nitrogens with zero attached hydrogens (tertiary/aromatic N) is 3. The highest BCUT2D eigenvalue weighted by atomic mass is 32.1. The summed E-state index contributed by atoms with van der Waals surface area (Å²) in [5.41, 5.74) is 2.41. The molecular formula is C21H20N4O3S. The fraction of sp³-hybridized carbons (Fsp3) is 0.286. The topological polar surface area (TPSA) is 84.2 Å². The molecule has 1 amide bonds. The Morgan fingerprint density at radius 2 is 2.24 bits per heavy atom. The average Bonchev–Trinajstić information content (AvgIpc) is 3.52. The summed E-state index contributed by atoms with van der Waals surface area (Å²) in [6, 6.07) is 9.59. The van der Waals surface area contributed by atoms with Crippen LogP contribution in [0.1, 0.15) is 35.1 Å². The van der Waals surface area contributed by atoms with Crippen molar-refractivity contribution in [2.45, 2.75) is 18.8 Å². The highest BCUT2D eigenvalue weighted by molar-refractivity contribution is 7.08. The van der Waals surface area contributed by atoms with Crippen LogP contribution in [0.15, 0.2) is 45.5 Å². The van der Waals surface area contributed by atoms with Crippen LogP contribution in [0.2, 0.25) is 0 Å². The maximum Gasteiger partial charge on any atom is 0.270 e. The number of thiophene rings is 1. The quantitative estimate of drug-likeness (QED) is 0.544. The van der Waals surface area contributed by atoms with Crippen molar-refractivity contribution in [3.05, 3.63) is 52.7 Å². The third-order valence-corrected chi connectivity index (χ3v) is 6.01. The lowest BCUT2D eigenvalue weighted by Gasteiger charge is -2.30.